The maximum atomic E-state index is 2.46. The van der Waals surface area contributed by atoms with Crippen LogP contribution in [0.4, 0.5) is 0 Å². The third-order valence-electron chi connectivity index (χ3n) is 7.02. The van der Waals surface area contributed by atoms with Crippen LogP contribution in [0.5, 0.6) is 0 Å². The van der Waals surface area contributed by atoms with Crippen molar-refractivity contribution in [2.24, 2.45) is 0 Å². The monoisotopic (exact) mass is 564 g/mol. The van der Waals surface area contributed by atoms with Crippen LogP contribution in [0.3, 0.4) is 0 Å². The van der Waals surface area contributed by atoms with Crippen molar-refractivity contribution in [2.45, 2.75) is 0 Å². The van der Waals surface area contributed by atoms with E-state index in [0.717, 1.165) is 0 Å². The maximum absolute atomic E-state index is 2.46. The molecule has 2 nitrogen and oxygen atoms in total. The molecule has 0 atom stereocenters. The molecule has 160 valence electrons. The number of halogens is 1. The van der Waals surface area contributed by atoms with Crippen molar-refractivity contribution in [1.29, 1.82) is 0 Å². The molecule has 0 spiro atoms. The molecule has 5 aromatic carbocycles. The Morgan fingerprint density at radius 2 is 1.21 bits per heavy atom. The molecule has 0 fully saturated rings. The molecule has 3 aromatic heterocycles. The highest BCUT2D eigenvalue weighted by molar-refractivity contribution is 14.1. The number of hydrogen-bond donors (Lipinski definition) is 0. The first-order chi connectivity index (χ1) is 16.8. The second kappa shape index (κ2) is 6.84. The third-order valence-corrected chi connectivity index (χ3v) is 9.20. The largest absolute Gasteiger partial charge is 0.309 e. The predicted octanol–water partition coefficient (Wildman–Crippen LogP) is 9.46. The molecule has 0 bridgehead atoms. The number of para-hydroxylation sites is 3. The van der Waals surface area contributed by atoms with E-state index in [2.05, 4.69) is 133 Å². The molecule has 0 aliphatic rings. The normalized spacial score (nSPS) is 12.3. The van der Waals surface area contributed by atoms with Crippen LogP contribution in [0.25, 0.3) is 69.5 Å². The van der Waals surface area contributed by atoms with Gasteiger partial charge in [0.05, 0.1) is 49.6 Å². The molecule has 8 rings (SSSR count). The second-order valence-electron chi connectivity index (χ2n) is 8.79. The fraction of sp³-hybridized carbons (Fsp3) is 0. The van der Waals surface area contributed by atoms with Gasteiger partial charge in [-0.2, -0.15) is 0 Å². The summed E-state index contributed by atoms with van der Waals surface area (Å²) in [5.74, 6) is 0. The number of rotatable bonds is 1. The van der Waals surface area contributed by atoms with Crippen LogP contribution in [-0.2, 0) is 0 Å². The smallest absolute Gasteiger partial charge is 0.0768 e. The summed E-state index contributed by atoms with van der Waals surface area (Å²) in [5, 5.41) is 7.93. The van der Waals surface area contributed by atoms with Crippen molar-refractivity contribution in [3.05, 3.63) is 103 Å². The van der Waals surface area contributed by atoms with Gasteiger partial charge < -0.3 is 4.57 Å². The molecule has 0 saturated carbocycles. The number of benzene rings is 5. The minimum absolute atomic E-state index is 1.20. The fourth-order valence-electron chi connectivity index (χ4n) is 5.55. The lowest BCUT2D eigenvalue weighted by Crippen LogP contribution is -1.92. The molecule has 0 aliphatic heterocycles. The van der Waals surface area contributed by atoms with E-state index in [1.165, 1.54) is 69.5 Å². The van der Waals surface area contributed by atoms with Crippen molar-refractivity contribution in [1.82, 2.24) is 7.35 Å². The fourth-order valence-corrected chi connectivity index (χ4v) is 7.89. The Labute approximate surface area is 213 Å². The van der Waals surface area contributed by atoms with E-state index in [-0.39, 0.29) is 0 Å². The van der Waals surface area contributed by atoms with Gasteiger partial charge in [0.25, 0.3) is 0 Å². The predicted molar refractivity (Wildman–Crippen MR) is 156 cm³/mol. The molecular formula is C30H17IN2S. The Hall–Kier alpha value is -3.35. The van der Waals surface area contributed by atoms with Crippen molar-refractivity contribution < 1.29 is 0 Å². The van der Waals surface area contributed by atoms with Gasteiger partial charge in [0.15, 0.2) is 0 Å². The number of aromatic nitrogens is 2. The number of hydrogen-bond acceptors (Lipinski definition) is 1. The lowest BCUT2D eigenvalue weighted by molar-refractivity contribution is 1.18. The van der Waals surface area contributed by atoms with Gasteiger partial charge in [-0.15, -0.1) is 11.3 Å². The average Bonchev–Trinajstić information content (AvgIpc) is 3.51. The first-order valence-electron chi connectivity index (χ1n) is 11.3. The molecule has 34 heavy (non-hydrogen) atoms. The Morgan fingerprint density at radius 1 is 0.529 bits per heavy atom. The summed E-state index contributed by atoms with van der Waals surface area (Å²) >= 11 is 4.37. The average molecular weight is 564 g/mol. The number of fused-ring (bicyclic) bond motifs is 10. The molecule has 8 aromatic rings. The van der Waals surface area contributed by atoms with Crippen LogP contribution in [-0.4, -0.2) is 7.35 Å². The Morgan fingerprint density at radius 3 is 2.03 bits per heavy atom. The quantitative estimate of drug-likeness (QED) is 0.176. The van der Waals surface area contributed by atoms with Gasteiger partial charge in [0.1, 0.15) is 0 Å². The van der Waals surface area contributed by atoms with Gasteiger partial charge in [-0.25, -0.2) is 0 Å². The van der Waals surface area contributed by atoms with Gasteiger partial charge in [0, 0.05) is 42.7 Å². The van der Waals surface area contributed by atoms with Crippen molar-refractivity contribution in [2.75, 3.05) is 0 Å². The van der Waals surface area contributed by atoms with Crippen molar-refractivity contribution >= 4 is 98.0 Å². The van der Waals surface area contributed by atoms with E-state index in [1.807, 2.05) is 11.3 Å². The second-order valence-corrected chi connectivity index (χ2v) is 10.8. The first kappa shape index (κ1) is 19.0. The zero-order chi connectivity index (χ0) is 22.4. The van der Waals surface area contributed by atoms with Gasteiger partial charge in [-0.3, -0.25) is 2.78 Å². The minimum Gasteiger partial charge on any atom is -0.309 e. The van der Waals surface area contributed by atoms with Crippen LogP contribution in [0, 0.1) is 0 Å². The SMILES string of the molecule is In1c2ccccc2c2ccc3c4cc5c6ccccc6n(-c6ccccc6)c5cc4sc3c21. The van der Waals surface area contributed by atoms with Crippen molar-refractivity contribution in [3.8, 4) is 5.69 Å². The van der Waals surface area contributed by atoms with Gasteiger partial charge in [-0.1, -0.05) is 66.7 Å². The molecule has 0 saturated heterocycles. The molecule has 0 aliphatic carbocycles. The summed E-state index contributed by atoms with van der Waals surface area (Å²) in [5.41, 5.74) is 6.30. The highest BCUT2D eigenvalue weighted by atomic mass is 127. The van der Waals surface area contributed by atoms with E-state index in [0.29, 0.717) is 0 Å². The lowest BCUT2D eigenvalue weighted by atomic mass is 10.1. The first-order valence-corrected chi connectivity index (χ1v) is 13.1. The summed E-state index contributed by atoms with van der Waals surface area (Å²) < 4.78 is 7.43. The van der Waals surface area contributed by atoms with Crippen LogP contribution < -0.4 is 0 Å². The summed E-state index contributed by atoms with van der Waals surface area (Å²) in [4.78, 5) is 0. The standard InChI is InChI=1S/C30H17IN2S/c31-33-26-13-7-5-10-19(26)21-14-15-22-24-16-23-20-11-4-6-12-25(20)32(18-8-2-1-3-9-18)27(23)17-28(24)34-30(22)29(21)33/h1-17H. The Kier molecular flexibility index (Phi) is 3.82. The van der Waals surface area contributed by atoms with Crippen LogP contribution in [0.15, 0.2) is 103 Å². The van der Waals surface area contributed by atoms with Crippen LogP contribution in [0.2, 0.25) is 0 Å². The van der Waals surface area contributed by atoms with E-state index < -0.39 is 0 Å². The number of thiophene rings is 1. The third kappa shape index (κ3) is 2.39. The van der Waals surface area contributed by atoms with Crippen LogP contribution in [0.1, 0.15) is 0 Å². The Bertz CT molecular complexity index is 2080. The highest BCUT2D eigenvalue weighted by Crippen LogP contribution is 2.45. The van der Waals surface area contributed by atoms with Gasteiger partial charge in [-0.05, 0) is 36.4 Å². The van der Waals surface area contributed by atoms with Crippen molar-refractivity contribution in [3.63, 3.8) is 0 Å². The van der Waals surface area contributed by atoms with E-state index >= 15 is 0 Å². The molecular weight excluding hydrogens is 547 g/mol. The zero-order valence-corrected chi connectivity index (χ0v) is 21.0. The molecule has 0 radical (unpaired) electrons. The minimum atomic E-state index is 1.20. The van der Waals surface area contributed by atoms with Gasteiger partial charge >= 0.3 is 0 Å². The van der Waals surface area contributed by atoms with E-state index in [1.54, 1.807) is 0 Å². The summed E-state index contributed by atoms with van der Waals surface area (Å²) in [6.07, 6.45) is 0. The molecule has 0 amide bonds. The molecule has 3 heterocycles. The number of nitrogens with zero attached hydrogens (tertiary/aromatic N) is 2. The molecule has 0 N–H and O–H groups in total. The summed E-state index contributed by atoms with van der Waals surface area (Å²) in [7, 11) is 0. The summed E-state index contributed by atoms with van der Waals surface area (Å²) in [6.45, 7) is 0. The topological polar surface area (TPSA) is 9.86 Å². The van der Waals surface area contributed by atoms with Crippen LogP contribution >= 0.6 is 34.2 Å². The Balaban J connectivity index is 1.56. The molecule has 0 unspecified atom stereocenters. The molecule has 4 heteroatoms. The zero-order valence-electron chi connectivity index (χ0n) is 18.0. The maximum Gasteiger partial charge on any atom is 0.0768 e. The van der Waals surface area contributed by atoms with E-state index in [4.69, 9.17) is 0 Å². The highest BCUT2D eigenvalue weighted by Gasteiger charge is 2.18. The van der Waals surface area contributed by atoms with E-state index in [9.17, 15) is 0 Å². The lowest BCUT2D eigenvalue weighted by Gasteiger charge is -2.07. The van der Waals surface area contributed by atoms with Gasteiger partial charge in [0.2, 0.25) is 0 Å². The summed E-state index contributed by atoms with van der Waals surface area (Å²) in [6, 6.07) is 37.6.